The van der Waals surface area contributed by atoms with Gasteiger partial charge in [-0.15, -0.1) is 0 Å². The fourth-order valence-corrected chi connectivity index (χ4v) is 1.83. The molecule has 0 radical (unpaired) electrons. The van der Waals surface area contributed by atoms with Crippen molar-refractivity contribution in [3.8, 4) is 0 Å². The number of oxime groups is 1. The summed E-state index contributed by atoms with van der Waals surface area (Å²) in [5.74, 6) is -0.835. The molecule has 0 aromatic heterocycles. The van der Waals surface area contributed by atoms with Crippen LogP contribution in [0.3, 0.4) is 0 Å². The van der Waals surface area contributed by atoms with Gasteiger partial charge in [0.15, 0.2) is 0 Å². The quantitative estimate of drug-likeness (QED) is 0.243. The average molecular weight is 474 g/mol. The van der Waals surface area contributed by atoms with Gasteiger partial charge < -0.3 is 10.2 Å². The fraction of sp³-hybridized carbons (Fsp3) is 0.467. The van der Waals surface area contributed by atoms with Gasteiger partial charge in [0.2, 0.25) is 0 Å². The molecule has 30 heavy (non-hydrogen) atoms. The molecule has 2 N–H and O–H groups in total. The summed E-state index contributed by atoms with van der Waals surface area (Å²) >= 11 is 5.40. The van der Waals surface area contributed by atoms with Crippen LogP contribution in [0.1, 0.15) is 19.4 Å². The normalized spacial score (nSPS) is 14.0. The number of alkyl halides is 9. The van der Waals surface area contributed by atoms with Crippen LogP contribution in [-0.2, 0) is 11.0 Å². The average Bonchev–Trinajstić information content (AvgIpc) is 2.55. The number of nitrogens with one attached hydrogen (secondary N) is 2. The number of anilines is 1. The first-order chi connectivity index (χ1) is 13.4. The largest absolute Gasteiger partial charge is 0.461 e. The van der Waals surface area contributed by atoms with Crippen molar-refractivity contribution in [1.29, 1.82) is 0 Å². The first-order valence-corrected chi connectivity index (χ1v) is 8.10. The number of para-hydroxylation sites is 1. The van der Waals surface area contributed by atoms with Crippen molar-refractivity contribution >= 4 is 28.5 Å². The molecule has 0 bridgehead atoms. The molecule has 0 heterocycles. The van der Waals surface area contributed by atoms with Crippen LogP contribution >= 0.6 is 11.6 Å². The molecule has 1 rings (SSSR count). The summed E-state index contributed by atoms with van der Waals surface area (Å²) in [6.07, 6.45) is -17.7. The topological polar surface area (TPSA) is 62.7 Å². The number of hydrogen-bond acceptors (Lipinski definition) is 3. The van der Waals surface area contributed by atoms with Crippen molar-refractivity contribution in [2.75, 3.05) is 5.32 Å². The van der Waals surface area contributed by atoms with Gasteiger partial charge in [-0.05, 0) is 12.1 Å². The molecule has 170 valence electrons. The van der Waals surface area contributed by atoms with Crippen molar-refractivity contribution < 1.29 is 49.1 Å². The second-order valence-corrected chi connectivity index (χ2v) is 6.35. The predicted molar refractivity (Wildman–Crippen MR) is 87.7 cm³/mol. The Labute approximate surface area is 168 Å². The van der Waals surface area contributed by atoms with Crippen molar-refractivity contribution in [1.82, 2.24) is 5.32 Å². The molecule has 15 heteroatoms. The summed E-state index contributed by atoms with van der Waals surface area (Å²) in [6, 6.07) is 0.652. The Morgan fingerprint density at radius 1 is 1.00 bits per heavy atom. The van der Waals surface area contributed by atoms with Crippen molar-refractivity contribution in [2.24, 2.45) is 11.1 Å². The Morgan fingerprint density at radius 3 is 1.93 bits per heavy atom. The number of carbonyl (C=O) groups excluding carboxylic acids is 1. The number of nitrogens with zero attached hydrogens (tertiary/aromatic N) is 1. The molecule has 0 aliphatic rings. The highest BCUT2D eigenvalue weighted by Crippen LogP contribution is 2.44. The van der Waals surface area contributed by atoms with Crippen LogP contribution in [0.25, 0.3) is 0 Å². The molecule has 0 unspecified atom stereocenters. The molecule has 5 nitrogen and oxygen atoms in total. The number of hydrogen-bond donors (Lipinski definition) is 2. The van der Waals surface area contributed by atoms with Crippen LogP contribution in [0.4, 0.5) is 50.0 Å². The predicted octanol–water partition coefficient (Wildman–Crippen LogP) is 5.87. The molecule has 0 aliphatic heterocycles. The van der Waals surface area contributed by atoms with E-state index < -0.39 is 52.6 Å². The molecule has 0 saturated heterocycles. The highest BCUT2D eigenvalue weighted by Gasteiger charge is 2.76. The number of benzene rings is 1. The van der Waals surface area contributed by atoms with E-state index in [2.05, 4.69) is 9.99 Å². The van der Waals surface area contributed by atoms with E-state index in [1.165, 1.54) is 19.2 Å². The summed E-state index contributed by atoms with van der Waals surface area (Å²) < 4.78 is 119. The monoisotopic (exact) mass is 473 g/mol. The summed E-state index contributed by atoms with van der Waals surface area (Å²) in [6.45, 7) is 2.54. The minimum Gasteiger partial charge on any atom is -0.346 e. The number of halogens is 10. The fourth-order valence-electron chi connectivity index (χ4n) is 1.80. The van der Waals surface area contributed by atoms with Crippen LogP contribution in [0, 0.1) is 5.92 Å². The molecular formula is C15H13ClF9N3O2. The van der Waals surface area contributed by atoms with E-state index in [-0.39, 0.29) is 0 Å². The maximum absolute atomic E-state index is 13.3. The summed E-state index contributed by atoms with van der Waals surface area (Å²) in [4.78, 5) is 15.4. The van der Waals surface area contributed by atoms with Gasteiger partial charge in [0, 0.05) is 5.92 Å². The Kier molecular flexibility index (Phi) is 7.51. The Hall–Kier alpha value is -2.38. The first kappa shape index (κ1) is 25.7. The van der Waals surface area contributed by atoms with E-state index >= 15 is 0 Å². The molecule has 1 aromatic carbocycles. The van der Waals surface area contributed by atoms with E-state index in [9.17, 15) is 44.3 Å². The number of rotatable bonds is 5. The minimum absolute atomic E-state index is 0.458. The van der Waals surface area contributed by atoms with E-state index in [0.29, 0.717) is 17.4 Å². The Bertz CT molecular complexity index is 775. The van der Waals surface area contributed by atoms with Crippen LogP contribution in [0.15, 0.2) is 29.4 Å². The highest BCUT2D eigenvalue weighted by molar-refractivity contribution is 6.65. The zero-order valence-electron chi connectivity index (χ0n) is 14.9. The third kappa shape index (κ3) is 5.83. The lowest BCUT2D eigenvalue weighted by Gasteiger charge is -2.35. The molecule has 1 aromatic rings. The van der Waals surface area contributed by atoms with Gasteiger partial charge >= 0.3 is 30.3 Å². The lowest BCUT2D eigenvalue weighted by molar-refractivity contribution is -0.388. The highest BCUT2D eigenvalue weighted by atomic mass is 35.5. The molecule has 0 saturated carbocycles. The number of urea groups is 1. The van der Waals surface area contributed by atoms with Crippen molar-refractivity contribution in [3.63, 3.8) is 0 Å². The molecule has 0 atom stereocenters. The van der Waals surface area contributed by atoms with Gasteiger partial charge in [0.25, 0.3) is 0 Å². The maximum atomic E-state index is 13.3. The third-order valence-electron chi connectivity index (χ3n) is 3.31. The van der Waals surface area contributed by atoms with Gasteiger partial charge in [-0.1, -0.05) is 42.7 Å². The van der Waals surface area contributed by atoms with Crippen LogP contribution in [-0.4, -0.2) is 29.3 Å². The minimum atomic E-state index is -6.33. The standard InChI is InChI=1S/C15H13ClF9N3O2/c1-7(2)10(16)28-30-13(14(20,21)22,15(23,24)25)27-11(29)26-9-6-4-3-5-8(9)12(17,18)19/h3-7H,1-2H3,(H2,26,27,29). The SMILES string of the molecule is CC(C)C(Cl)=NOC(NC(=O)Nc1ccccc1C(F)(F)F)(C(F)(F)F)C(F)(F)F. The van der Waals surface area contributed by atoms with Crippen molar-refractivity contribution in [2.45, 2.75) is 38.1 Å². The lowest BCUT2D eigenvalue weighted by atomic mass is 10.1. The number of carbonyl (C=O) groups is 1. The second-order valence-electron chi connectivity index (χ2n) is 5.96. The molecular weight excluding hydrogens is 461 g/mol. The molecule has 0 spiro atoms. The third-order valence-corrected chi connectivity index (χ3v) is 3.82. The zero-order chi connectivity index (χ0) is 23.5. The molecule has 2 amide bonds. The van der Waals surface area contributed by atoms with Gasteiger partial charge in [-0.3, -0.25) is 5.32 Å². The summed E-state index contributed by atoms with van der Waals surface area (Å²) in [5.41, 5.74) is -8.00. The van der Waals surface area contributed by atoms with Crippen LogP contribution < -0.4 is 10.6 Å². The van der Waals surface area contributed by atoms with Gasteiger partial charge in [-0.25, -0.2) is 4.79 Å². The smallest absolute Gasteiger partial charge is 0.346 e. The number of amides is 2. The van der Waals surface area contributed by atoms with E-state index in [1.807, 2.05) is 0 Å². The summed E-state index contributed by atoms with van der Waals surface area (Å²) in [5, 5.41) is 3.54. The second kappa shape index (κ2) is 8.78. The van der Waals surface area contributed by atoms with Crippen LogP contribution in [0.2, 0.25) is 0 Å². The zero-order valence-corrected chi connectivity index (χ0v) is 15.7. The molecule has 0 fully saturated rings. The van der Waals surface area contributed by atoms with E-state index in [0.717, 1.165) is 12.1 Å². The van der Waals surface area contributed by atoms with Gasteiger partial charge in [0.05, 0.1) is 11.3 Å². The van der Waals surface area contributed by atoms with Crippen LogP contribution in [0.5, 0.6) is 0 Å². The van der Waals surface area contributed by atoms with E-state index in [4.69, 9.17) is 11.6 Å². The van der Waals surface area contributed by atoms with E-state index in [1.54, 1.807) is 0 Å². The molecule has 0 aliphatic carbocycles. The Morgan fingerprint density at radius 2 is 1.50 bits per heavy atom. The Balaban J connectivity index is 3.35. The summed E-state index contributed by atoms with van der Waals surface area (Å²) in [7, 11) is 0. The van der Waals surface area contributed by atoms with Gasteiger partial charge in [-0.2, -0.15) is 39.5 Å². The lowest BCUT2D eigenvalue weighted by Crippen LogP contribution is -2.69. The first-order valence-electron chi connectivity index (χ1n) is 7.72. The maximum Gasteiger partial charge on any atom is 0.461 e. The van der Waals surface area contributed by atoms with Gasteiger partial charge in [0.1, 0.15) is 5.17 Å². The van der Waals surface area contributed by atoms with Crippen molar-refractivity contribution in [3.05, 3.63) is 29.8 Å².